The molecular formula is C9H9NO4. The molecule has 0 aliphatic heterocycles. The zero-order valence-electron chi connectivity index (χ0n) is 7.36. The zero-order valence-corrected chi connectivity index (χ0v) is 7.36. The van der Waals surface area contributed by atoms with E-state index in [1.807, 2.05) is 6.07 Å². The lowest BCUT2D eigenvalue weighted by atomic mass is 9.75. The normalized spacial score (nSPS) is 19.2. The predicted molar refractivity (Wildman–Crippen MR) is 45.3 cm³/mol. The van der Waals surface area contributed by atoms with Crippen LogP contribution in [0.2, 0.25) is 0 Å². The van der Waals surface area contributed by atoms with E-state index in [9.17, 15) is 9.59 Å². The second kappa shape index (κ2) is 3.50. The average molecular weight is 195 g/mol. The predicted octanol–water partition coefficient (Wildman–Crippen LogP) is 0.776. The van der Waals surface area contributed by atoms with Crippen LogP contribution in [0.3, 0.4) is 0 Å². The van der Waals surface area contributed by atoms with Gasteiger partial charge in [-0.15, -0.1) is 0 Å². The topological polar surface area (TPSA) is 98.4 Å². The van der Waals surface area contributed by atoms with E-state index in [2.05, 4.69) is 0 Å². The summed E-state index contributed by atoms with van der Waals surface area (Å²) in [6.07, 6.45) is 1.48. The molecule has 74 valence electrons. The van der Waals surface area contributed by atoms with Crippen molar-refractivity contribution in [1.29, 1.82) is 5.26 Å². The number of carboxylic acids is 2. The second-order valence-corrected chi connectivity index (χ2v) is 3.24. The smallest absolute Gasteiger partial charge is 0.321 e. The molecule has 0 saturated heterocycles. The van der Waals surface area contributed by atoms with Crippen molar-refractivity contribution in [2.75, 3.05) is 0 Å². The Morgan fingerprint density at radius 1 is 1.43 bits per heavy atom. The van der Waals surface area contributed by atoms with Crippen molar-refractivity contribution in [2.45, 2.75) is 19.3 Å². The molecule has 14 heavy (non-hydrogen) atoms. The fourth-order valence-corrected chi connectivity index (χ4v) is 1.43. The summed E-state index contributed by atoms with van der Waals surface area (Å²) < 4.78 is 0. The first kappa shape index (κ1) is 10.3. The number of nitrogens with zero attached hydrogens (tertiary/aromatic N) is 1. The van der Waals surface area contributed by atoms with Gasteiger partial charge < -0.3 is 10.2 Å². The van der Waals surface area contributed by atoms with Crippen LogP contribution in [0.25, 0.3) is 0 Å². The Bertz CT molecular complexity index is 336. The minimum atomic E-state index is -1.74. The highest BCUT2D eigenvalue weighted by molar-refractivity contribution is 5.98. The molecule has 0 amide bonds. The molecule has 1 rings (SSSR count). The molecule has 0 saturated carbocycles. The van der Waals surface area contributed by atoms with Crippen molar-refractivity contribution >= 4 is 11.9 Å². The number of carboxylic acid groups (broad SMARTS) is 2. The van der Waals surface area contributed by atoms with E-state index in [0.29, 0.717) is 5.57 Å². The molecule has 0 heterocycles. The highest BCUT2D eigenvalue weighted by Gasteiger charge is 2.46. The molecule has 0 radical (unpaired) electrons. The summed E-state index contributed by atoms with van der Waals surface area (Å²) in [6, 6.07) is 1.89. The number of hydrogen-bond donors (Lipinski definition) is 2. The van der Waals surface area contributed by atoms with E-state index in [1.54, 1.807) is 0 Å². The maximum atomic E-state index is 10.8. The van der Waals surface area contributed by atoms with Crippen molar-refractivity contribution in [2.24, 2.45) is 5.41 Å². The number of aliphatic carboxylic acids is 2. The maximum absolute atomic E-state index is 10.8. The van der Waals surface area contributed by atoms with E-state index >= 15 is 0 Å². The molecule has 0 unspecified atom stereocenters. The lowest BCUT2D eigenvalue weighted by molar-refractivity contribution is -0.165. The minimum absolute atomic E-state index is 0.0168. The van der Waals surface area contributed by atoms with Crippen LogP contribution in [-0.4, -0.2) is 22.2 Å². The van der Waals surface area contributed by atoms with Crippen LogP contribution in [0.4, 0.5) is 0 Å². The summed E-state index contributed by atoms with van der Waals surface area (Å²) in [4.78, 5) is 21.6. The molecule has 0 bridgehead atoms. The molecule has 0 atom stereocenters. The second-order valence-electron chi connectivity index (χ2n) is 3.24. The molecule has 0 aromatic rings. The number of nitriles is 1. The Hall–Kier alpha value is -1.83. The van der Waals surface area contributed by atoms with Crippen molar-refractivity contribution in [3.63, 3.8) is 0 Å². The van der Waals surface area contributed by atoms with Crippen LogP contribution in [0, 0.1) is 16.7 Å². The Morgan fingerprint density at radius 3 is 2.29 bits per heavy atom. The quantitative estimate of drug-likeness (QED) is 0.634. The van der Waals surface area contributed by atoms with Gasteiger partial charge in [-0.1, -0.05) is 6.08 Å². The van der Waals surface area contributed by atoms with Gasteiger partial charge >= 0.3 is 11.9 Å². The lowest BCUT2D eigenvalue weighted by Gasteiger charge is -2.26. The summed E-state index contributed by atoms with van der Waals surface area (Å²) in [5.74, 6) is -2.67. The van der Waals surface area contributed by atoms with Crippen LogP contribution in [0.5, 0.6) is 0 Å². The number of allylic oxidation sites excluding steroid dienone is 2. The molecule has 5 nitrogen and oxygen atoms in total. The maximum Gasteiger partial charge on any atom is 0.321 e. The van der Waals surface area contributed by atoms with Gasteiger partial charge in [0.15, 0.2) is 5.41 Å². The SMILES string of the molecule is N#CC1=CCC(C(=O)O)(C(=O)O)CC1. The van der Waals surface area contributed by atoms with Gasteiger partial charge in [-0.25, -0.2) is 0 Å². The van der Waals surface area contributed by atoms with Crippen LogP contribution in [-0.2, 0) is 9.59 Å². The highest BCUT2D eigenvalue weighted by Crippen LogP contribution is 2.35. The molecular weight excluding hydrogens is 186 g/mol. The van der Waals surface area contributed by atoms with Gasteiger partial charge in [0.25, 0.3) is 0 Å². The van der Waals surface area contributed by atoms with E-state index < -0.39 is 17.4 Å². The number of rotatable bonds is 2. The first-order valence-electron chi connectivity index (χ1n) is 4.09. The number of hydrogen-bond acceptors (Lipinski definition) is 3. The summed E-state index contributed by atoms with van der Waals surface area (Å²) in [5, 5.41) is 26.2. The van der Waals surface area contributed by atoms with Crippen LogP contribution in [0.1, 0.15) is 19.3 Å². The first-order chi connectivity index (χ1) is 6.53. The van der Waals surface area contributed by atoms with E-state index in [4.69, 9.17) is 15.5 Å². The molecule has 0 aromatic carbocycles. The largest absolute Gasteiger partial charge is 0.480 e. The van der Waals surface area contributed by atoms with Crippen molar-refractivity contribution < 1.29 is 19.8 Å². The third-order valence-electron chi connectivity index (χ3n) is 2.48. The average Bonchev–Trinajstić information content (AvgIpc) is 2.17. The van der Waals surface area contributed by atoms with Gasteiger partial charge in [0.2, 0.25) is 0 Å². The standard InChI is InChI=1S/C9H9NO4/c10-5-6-1-3-9(4-2-6,7(11)12)8(13)14/h1H,2-4H2,(H,11,12)(H,13,14). The summed E-state index contributed by atoms with van der Waals surface area (Å²) in [6.45, 7) is 0. The molecule has 1 aliphatic carbocycles. The van der Waals surface area contributed by atoms with Crippen LogP contribution >= 0.6 is 0 Å². The third-order valence-corrected chi connectivity index (χ3v) is 2.48. The summed E-state index contributed by atoms with van der Waals surface area (Å²) >= 11 is 0. The van der Waals surface area contributed by atoms with E-state index in [0.717, 1.165) is 0 Å². The third kappa shape index (κ3) is 1.46. The molecule has 2 N–H and O–H groups in total. The van der Waals surface area contributed by atoms with Crippen molar-refractivity contribution in [3.05, 3.63) is 11.6 Å². The van der Waals surface area contributed by atoms with Gasteiger partial charge in [0.1, 0.15) is 0 Å². The highest BCUT2D eigenvalue weighted by atomic mass is 16.4. The Morgan fingerprint density at radius 2 is 2.00 bits per heavy atom. The lowest BCUT2D eigenvalue weighted by Crippen LogP contribution is -2.40. The minimum Gasteiger partial charge on any atom is -0.480 e. The van der Waals surface area contributed by atoms with E-state index in [-0.39, 0.29) is 19.3 Å². The van der Waals surface area contributed by atoms with Crippen LogP contribution < -0.4 is 0 Å². The molecule has 1 aliphatic rings. The fourth-order valence-electron chi connectivity index (χ4n) is 1.43. The summed E-state index contributed by atoms with van der Waals surface area (Å²) in [7, 11) is 0. The van der Waals surface area contributed by atoms with Gasteiger partial charge in [-0.05, 0) is 19.3 Å². The van der Waals surface area contributed by atoms with Gasteiger partial charge in [-0.2, -0.15) is 5.26 Å². The van der Waals surface area contributed by atoms with Crippen LogP contribution in [0.15, 0.2) is 11.6 Å². The molecule has 0 fully saturated rings. The van der Waals surface area contributed by atoms with E-state index in [1.165, 1.54) is 6.08 Å². The molecule has 5 heteroatoms. The van der Waals surface area contributed by atoms with Crippen molar-refractivity contribution in [1.82, 2.24) is 0 Å². The van der Waals surface area contributed by atoms with Crippen molar-refractivity contribution in [3.8, 4) is 6.07 Å². The molecule has 0 spiro atoms. The number of carbonyl (C=O) groups is 2. The fraction of sp³-hybridized carbons (Fsp3) is 0.444. The monoisotopic (exact) mass is 195 g/mol. The summed E-state index contributed by atoms with van der Waals surface area (Å²) in [5.41, 5.74) is -1.27. The van der Waals surface area contributed by atoms with Gasteiger partial charge in [0, 0.05) is 5.57 Å². The Labute approximate surface area is 80.3 Å². The Kier molecular flexibility index (Phi) is 2.56. The zero-order chi connectivity index (χ0) is 10.8. The molecule has 0 aromatic heterocycles. The van der Waals surface area contributed by atoms with Gasteiger partial charge in [0.05, 0.1) is 6.07 Å². The van der Waals surface area contributed by atoms with Gasteiger partial charge in [-0.3, -0.25) is 9.59 Å². The Balaban J connectivity index is 2.98. The first-order valence-corrected chi connectivity index (χ1v) is 4.09.